The third-order valence-electron chi connectivity index (χ3n) is 3.67. The Balaban J connectivity index is 1.89. The maximum Gasteiger partial charge on any atom is 0.257 e. The Labute approximate surface area is 152 Å². The topological polar surface area (TPSA) is 58.6 Å². The molecule has 1 N–H and O–H groups in total. The predicted octanol–water partition coefficient (Wildman–Crippen LogP) is 3.82. The summed E-state index contributed by atoms with van der Waals surface area (Å²) in [7, 11) is 1.72. The lowest BCUT2D eigenvalue weighted by molar-refractivity contribution is 0.0796. The zero-order valence-electron chi connectivity index (χ0n) is 12.8. The fraction of sp³-hybridized carbons (Fsp3) is 0.176. The Morgan fingerprint density at radius 1 is 1.29 bits per heavy atom. The highest BCUT2D eigenvalue weighted by molar-refractivity contribution is 9.10. The number of fused-ring (bicyclic) bond motifs is 1. The van der Waals surface area contributed by atoms with Gasteiger partial charge in [-0.15, -0.1) is 0 Å². The molecule has 24 heavy (non-hydrogen) atoms. The summed E-state index contributed by atoms with van der Waals surface area (Å²) in [6.45, 7) is 0.956. The minimum absolute atomic E-state index is 0.140. The Kier molecular flexibility index (Phi) is 4.78. The van der Waals surface area contributed by atoms with Crippen molar-refractivity contribution in [3.63, 3.8) is 0 Å². The van der Waals surface area contributed by atoms with Crippen LogP contribution in [0.1, 0.15) is 20.7 Å². The number of nitrogens with zero attached hydrogens (tertiary/aromatic N) is 1. The second-order valence-electron chi connectivity index (χ2n) is 5.36. The molecule has 3 rings (SSSR count). The van der Waals surface area contributed by atoms with Gasteiger partial charge in [0.25, 0.3) is 11.8 Å². The molecular formula is C17H14BrClN2O3. The minimum Gasteiger partial charge on any atom is -0.491 e. The van der Waals surface area contributed by atoms with Gasteiger partial charge in [0.15, 0.2) is 0 Å². The molecule has 1 aliphatic rings. The number of amides is 2. The van der Waals surface area contributed by atoms with E-state index in [0.29, 0.717) is 40.7 Å². The third-order valence-corrected chi connectivity index (χ3v) is 4.49. The molecule has 124 valence electrons. The monoisotopic (exact) mass is 408 g/mol. The van der Waals surface area contributed by atoms with E-state index >= 15 is 0 Å². The van der Waals surface area contributed by atoms with Gasteiger partial charge in [0.1, 0.15) is 12.4 Å². The SMILES string of the molecule is CN1CCOc2ccc(NC(=O)c3cc(Br)ccc3Cl)cc2C1=O. The van der Waals surface area contributed by atoms with Gasteiger partial charge in [-0.05, 0) is 36.4 Å². The molecule has 1 heterocycles. The number of halogens is 2. The molecule has 2 aromatic rings. The van der Waals surface area contributed by atoms with Gasteiger partial charge in [-0.1, -0.05) is 27.5 Å². The molecule has 0 saturated carbocycles. The lowest BCUT2D eigenvalue weighted by Gasteiger charge is -2.13. The molecule has 0 unspecified atom stereocenters. The molecule has 2 aromatic carbocycles. The summed E-state index contributed by atoms with van der Waals surface area (Å²) in [6, 6.07) is 10.0. The molecule has 0 aromatic heterocycles. The number of anilines is 1. The first-order chi connectivity index (χ1) is 11.5. The van der Waals surface area contributed by atoms with Crippen LogP contribution in [0, 0.1) is 0 Å². The molecule has 0 spiro atoms. The molecule has 0 radical (unpaired) electrons. The summed E-state index contributed by atoms with van der Waals surface area (Å²) in [5.41, 5.74) is 1.27. The maximum atomic E-state index is 12.4. The Morgan fingerprint density at radius 2 is 2.08 bits per heavy atom. The summed E-state index contributed by atoms with van der Waals surface area (Å²) in [5, 5.41) is 3.11. The second kappa shape index (κ2) is 6.83. The van der Waals surface area contributed by atoms with Crippen molar-refractivity contribution in [3.05, 3.63) is 57.0 Å². The molecule has 1 aliphatic heterocycles. The summed E-state index contributed by atoms with van der Waals surface area (Å²) >= 11 is 9.39. The molecule has 0 bridgehead atoms. The van der Waals surface area contributed by atoms with Gasteiger partial charge in [0.2, 0.25) is 0 Å². The maximum absolute atomic E-state index is 12.4. The molecule has 0 saturated heterocycles. The van der Waals surface area contributed by atoms with Crippen LogP contribution in [0.5, 0.6) is 5.75 Å². The van der Waals surface area contributed by atoms with E-state index < -0.39 is 0 Å². The molecule has 5 nitrogen and oxygen atoms in total. The summed E-state index contributed by atoms with van der Waals surface area (Å²) in [4.78, 5) is 26.4. The van der Waals surface area contributed by atoms with Crippen LogP contribution in [-0.2, 0) is 0 Å². The Morgan fingerprint density at radius 3 is 2.88 bits per heavy atom. The number of hydrogen-bond donors (Lipinski definition) is 1. The highest BCUT2D eigenvalue weighted by Gasteiger charge is 2.21. The first-order valence-electron chi connectivity index (χ1n) is 7.24. The van der Waals surface area contributed by atoms with Crippen LogP contribution in [0.3, 0.4) is 0 Å². The van der Waals surface area contributed by atoms with Crippen LogP contribution in [0.2, 0.25) is 5.02 Å². The Hall–Kier alpha value is -2.05. The molecule has 0 fully saturated rings. The van der Waals surface area contributed by atoms with E-state index in [2.05, 4.69) is 21.2 Å². The van der Waals surface area contributed by atoms with Crippen LogP contribution in [-0.4, -0.2) is 36.9 Å². The standard InChI is InChI=1S/C17H14BrClN2O3/c1-21-6-7-24-15-5-3-11(9-13(15)17(21)23)20-16(22)12-8-10(18)2-4-14(12)19/h2-5,8-9H,6-7H2,1H3,(H,20,22). The molecular weight excluding hydrogens is 396 g/mol. The number of hydrogen-bond acceptors (Lipinski definition) is 3. The van der Waals surface area contributed by atoms with E-state index in [0.717, 1.165) is 4.47 Å². The highest BCUT2D eigenvalue weighted by atomic mass is 79.9. The van der Waals surface area contributed by atoms with E-state index in [1.807, 2.05) is 0 Å². The number of carbonyl (C=O) groups is 2. The first kappa shape index (κ1) is 16.8. The van der Waals surface area contributed by atoms with Gasteiger partial charge in [-0.3, -0.25) is 9.59 Å². The van der Waals surface area contributed by atoms with Gasteiger partial charge in [0.05, 0.1) is 22.7 Å². The molecule has 0 aliphatic carbocycles. The predicted molar refractivity (Wildman–Crippen MR) is 96.0 cm³/mol. The minimum atomic E-state index is -0.350. The Bertz CT molecular complexity index is 825. The quantitative estimate of drug-likeness (QED) is 0.820. The fourth-order valence-electron chi connectivity index (χ4n) is 2.37. The van der Waals surface area contributed by atoms with Crippen molar-refractivity contribution in [3.8, 4) is 5.75 Å². The van der Waals surface area contributed by atoms with Crippen molar-refractivity contribution in [2.24, 2.45) is 0 Å². The van der Waals surface area contributed by atoms with E-state index in [4.69, 9.17) is 16.3 Å². The van der Waals surface area contributed by atoms with Crippen molar-refractivity contribution in [1.29, 1.82) is 0 Å². The van der Waals surface area contributed by atoms with Crippen molar-refractivity contribution in [1.82, 2.24) is 4.90 Å². The number of rotatable bonds is 2. The average molecular weight is 410 g/mol. The number of ether oxygens (including phenoxy) is 1. The zero-order chi connectivity index (χ0) is 17.3. The van der Waals surface area contributed by atoms with Crippen molar-refractivity contribution < 1.29 is 14.3 Å². The number of likely N-dealkylation sites (N-methyl/N-ethyl adjacent to an activating group) is 1. The van der Waals surface area contributed by atoms with E-state index in [1.54, 1.807) is 48.3 Å². The van der Waals surface area contributed by atoms with E-state index in [1.165, 1.54) is 0 Å². The van der Waals surface area contributed by atoms with Crippen LogP contribution < -0.4 is 10.1 Å². The van der Waals surface area contributed by atoms with Gasteiger partial charge in [-0.25, -0.2) is 0 Å². The third kappa shape index (κ3) is 3.39. The summed E-state index contributed by atoms with van der Waals surface area (Å²) in [5.74, 6) is 0.0264. The molecule has 2 amide bonds. The van der Waals surface area contributed by atoms with Gasteiger partial charge >= 0.3 is 0 Å². The van der Waals surface area contributed by atoms with Gasteiger partial charge in [0, 0.05) is 17.2 Å². The number of nitrogens with one attached hydrogen (secondary N) is 1. The number of carbonyl (C=O) groups excluding carboxylic acids is 2. The van der Waals surface area contributed by atoms with Crippen LogP contribution in [0.4, 0.5) is 5.69 Å². The molecule has 0 atom stereocenters. The highest BCUT2D eigenvalue weighted by Crippen LogP contribution is 2.27. The normalized spacial score (nSPS) is 13.8. The molecule has 7 heteroatoms. The van der Waals surface area contributed by atoms with Crippen molar-refractivity contribution >= 4 is 45.0 Å². The van der Waals surface area contributed by atoms with Gasteiger partial charge < -0.3 is 15.0 Å². The van der Waals surface area contributed by atoms with E-state index in [-0.39, 0.29) is 11.8 Å². The van der Waals surface area contributed by atoms with Crippen molar-refractivity contribution in [2.75, 3.05) is 25.5 Å². The lowest BCUT2D eigenvalue weighted by Crippen LogP contribution is -2.27. The van der Waals surface area contributed by atoms with Crippen LogP contribution in [0.15, 0.2) is 40.9 Å². The zero-order valence-corrected chi connectivity index (χ0v) is 15.1. The summed E-state index contributed by atoms with van der Waals surface area (Å²) in [6.07, 6.45) is 0. The van der Waals surface area contributed by atoms with Gasteiger partial charge in [-0.2, -0.15) is 0 Å². The summed E-state index contributed by atoms with van der Waals surface area (Å²) < 4.78 is 6.32. The first-order valence-corrected chi connectivity index (χ1v) is 8.41. The fourth-order valence-corrected chi connectivity index (χ4v) is 2.93. The average Bonchev–Trinajstić information content (AvgIpc) is 2.69. The largest absolute Gasteiger partial charge is 0.491 e. The smallest absolute Gasteiger partial charge is 0.257 e. The van der Waals surface area contributed by atoms with Crippen LogP contribution >= 0.6 is 27.5 Å². The second-order valence-corrected chi connectivity index (χ2v) is 6.69. The lowest BCUT2D eigenvalue weighted by atomic mass is 10.1. The number of benzene rings is 2. The van der Waals surface area contributed by atoms with Crippen LogP contribution in [0.25, 0.3) is 0 Å². The van der Waals surface area contributed by atoms with Crippen molar-refractivity contribution in [2.45, 2.75) is 0 Å². The van der Waals surface area contributed by atoms with E-state index in [9.17, 15) is 9.59 Å².